The molecule has 0 aliphatic heterocycles. The summed E-state index contributed by atoms with van der Waals surface area (Å²) in [7, 11) is 0. The van der Waals surface area contributed by atoms with Crippen molar-refractivity contribution in [2.75, 3.05) is 18.1 Å². The second-order valence-electron chi connectivity index (χ2n) is 6.60. The molecule has 1 atom stereocenters. The summed E-state index contributed by atoms with van der Waals surface area (Å²) in [6.07, 6.45) is 1.53. The minimum atomic E-state index is -1.03. The summed E-state index contributed by atoms with van der Waals surface area (Å²) in [5.74, 6) is -0.720. The van der Waals surface area contributed by atoms with Gasteiger partial charge in [0.1, 0.15) is 11.3 Å². The Labute approximate surface area is 174 Å². The molecule has 0 radical (unpaired) electrons. The first-order valence-corrected chi connectivity index (χ1v) is 9.73. The minimum absolute atomic E-state index is 0.119. The number of hydrogen-bond donors (Lipinski definition) is 3. The molecule has 29 heavy (non-hydrogen) atoms. The van der Waals surface area contributed by atoms with Gasteiger partial charge in [0.05, 0.1) is 18.1 Å². The average molecular weight is 415 g/mol. The van der Waals surface area contributed by atoms with Crippen LogP contribution in [0.15, 0.2) is 65.3 Å². The first-order valence-electron chi connectivity index (χ1n) is 9.35. The highest BCUT2D eigenvalue weighted by Crippen LogP contribution is 2.28. The van der Waals surface area contributed by atoms with Gasteiger partial charge < -0.3 is 19.6 Å². The number of aromatic carboxylic acids is 1. The summed E-state index contributed by atoms with van der Waals surface area (Å²) >= 11 is 6.01. The highest BCUT2D eigenvalue weighted by Gasteiger charge is 2.17. The molecule has 0 aliphatic rings. The normalized spacial score (nSPS) is 12.0. The van der Waals surface area contributed by atoms with Crippen molar-refractivity contribution in [3.05, 3.63) is 77.0 Å². The topological polar surface area (TPSA) is 85.9 Å². The first-order chi connectivity index (χ1) is 14.0. The number of hydrazine groups is 1. The van der Waals surface area contributed by atoms with Gasteiger partial charge in [0, 0.05) is 23.7 Å². The van der Waals surface area contributed by atoms with E-state index >= 15 is 0 Å². The van der Waals surface area contributed by atoms with Crippen LogP contribution in [0.25, 0.3) is 11.3 Å². The molecule has 6 nitrogen and oxygen atoms in total. The molecule has 1 heterocycles. The molecule has 0 aliphatic carbocycles. The lowest BCUT2D eigenvalue weighted by Gasteiger charge is -2.27. The Hall–Kier alpha value is -2.80. The molecule has 0 spiro atoms. The van der Waals surface area contributed by atoms with Gasteiger partial charge in [-0.15, -0.1) is 0 Å². The number of aliphatic hydroxyl groups excluding tert-OH is 1. The number of aliphatic hydroxyl groups is 1. The minimum Gasteiger partial charge on any atom is -0.478 e. The van der Waals surface area contributed by atoms with Crippen LogP contribution < -0.4 is 10.4 Å². The van der Waals surface area contributed by atoms with Crippen molar-refractivity contribution in [3.63, 3.8) is 0 Å². The second kappa shape index (κ2) is 9.60. The van der Waals surface area contributed by atoms with E-state index in [9.17, 15) is 15.0 Å². The van der Waals surface area contributed by atoms with E-state index in [1.165, 1.54) is 12.3 Å². The Kier molecular flexibility index (Phi) is 6.93. The fourth-order valence-corrected chi connectivity index (χ4v) is 3.27. The Balaban J connectivity index is 1.78. The Morgan fingerprint density at radius 3 is 2.72 bits per heavy atom. The van der Waals surface area contributed by atoms with Gasteiger partial charge in [-0.2, -0.15) is 0 Å². The molecule has 3 N–H and O–H groups in total. The highest BCUT2D eigenvalue weighted by molar-refractivity contribution is 6.30. The van der Waals surface area contributed by atoms with Crippen LogP contribution in [-0.2, 0) is 0 Å². The molecular formula is C22H23ClN2O4. The Morgan fingerprint density at radius 2 is 2.00 bits per heavy atom. The lowest BCUT2D eigenvalue weighted by Crippen LogP contribution is -2.41. The highest BCUT2D eigenvalue weighted by atomic mass is 35.5. The molecule has 0 amide bonds. The van der Waals surface area contributed by atoms with Crippen molar-refractivity contribution < 1.29 is 19.4 Å². The van der Waals surface area contributed by atoms with Gasteiger partial charge in [-0.1, -0.05) is 42.8 Å². The van der Waals surface area contributed by atoms with Crippen molar-refractivity contribution in [1.29, 1.82) is 0 Å². The zero-order chi connectivity index (χ0) is 20.8. The van der Waals surface area contributed by atoms with E-state index < -0.39 is 12.1 Å². The van der Waals surface area contributed by atoms with Crippen molar-refractivity contribution in [2.45, 2.75) is 19.4 Å². The monoisotopic (exact) mass is 414 g/mol. The average Bonchev–Trinajstić information content (AvgIpc) is 3.21. The number of hydrogen-bond acceptors (Lipinski definition) is 5. The molecule has 0 fully saturated rings. The number of anilines is 1. The summed E-state index contributed by atoms with van der Waals surface area (Å²) in [6.45, 7) is 3.06. The molecular weight excluding hydrogens is 392 g/mol. The third-order valence-corrected chi connectivity index (χ3v) is 4.71. The number of carboxylic acid groups (broad SMARTS) is 1. The van der Waals surface area contributed by atoms with Gasteiger partial charge in [-0.05, 0) is 42.3 Å². The smallest absolute Gasteiger partial charge is 0.339 e. The van der Waals surface area contributed by atoms with E-state index in [4.69, 9.17) is 16.0 Å². The van der Waals surface area contributed by atoms with Gasteiger partial charge in [-0.25, -0.2) is 10.2 Å². The third-order valence-electron chi connectivity index (χ3n) is 4.47. The predicted molar refractivity (Wildman–Crippen MR) is 113 cm³/mol. The molecule has 0 unspecified atom stereocenters. The van der Waals surface area contributed by atoms with Crippen LogP contribution in [0.4, 0.5) is 5.69 Å². The molecule has 7 heteroatoms. The number of carboxylic acids is 1. The third kappa shape index (κ3) is 5.17. The fraction of sp³-hybridized carbons (Fsp3) is 0.227. The lowest BCUT2D eigenvalue weighted by molar-refractivity contribution is 0.0697. The fourth-order valence-electron chi connectivity index (χ4n) is 3.07. The van der Waals surface area contributed by atoms with E-state index in [1.807, 2.05) is 29.3 Å². The molecule has 3 rings (SSSR count). The number of nitrogens with zero attached hydrogens (tertiary/aromatic N) is 1. The predicted octanol–water partition coefficient (Wildman–Crippen LogP) is 4.75. The van der Waals surface area contributed by atoms with E-state index in [-0.39, 0.29) is 5.56 Å². The van der Waals surface area contributed by atoms with Crippen LogP contribution in [0.2, 0.25) is 5.02 Å². The molecule has 152 valence electrons. The molecule has 2 aromatic carbocycles. The van der Waals surface area contributed by atoms with E-state index in [2.05, 4.69) is 12.3 Å². The van der Waals surface area contributed by atoms with Crippen molar-refractivity contribution in [3.8, 4) is 11.3 Å². The number of nitrogens with one attached hydrogen (secondary N) is 1. The lowest BCUT2D eigenvalue weighted by atomic mass is 10.1. The SMILES string of the molecule is CCCN(NC[C@H](O)c1cccc(Cl)c1)c1cccc(-c2occc2C(=O)O)c1. The quantitative estimate of drug-likeness (QED) is 0.438. The largest absolute Gasteiger partial charge is 0.478 e. The maximum Gasteiger partial charge on any atom is 0.339 e. The van der Waals surface area contributed by atoms with Crippen molar-refractivity contribution in [2.24, 2.45) is 0 Å². The van der Waals surface area contributed by atoms with Gasteiger partial charge in [-0.3, -0.25) is 0 Å². The number of furan rings is 1. The van der Waals surface area contributed by atoms with Gasteiger partial charge in [0.2, 0.25) is 0 Å². The molecule has 0 saturated heterocycles. The van der Waals surface area contributed by atoms with E-state index in [1.54, 1.807) is 24.3 Å². The maximum atomic E-state index is 11.4. The summed E-state index contributed by atoms with van der Waals surface area (Å²) in [5.41, 5.74) is 5.62. The number of rotatable bonds is 9. The number of benzene rings is 2. The Bertz CT molecular complexity index is 973. The molecule has 3 aromatic rings. The summed E-state index contributed by atoms with van der Waals surface area (Å²) in [4.78, 5) is 11.4. The van der Waals surface area contributed by atoms with Gasteiger partial charge >= 0.3 is 5.97 Å². The molecule has 0 saturated carbocycles. The van der Waals surface area contributed by atoms with E-state index in [0.717, 1.165) is 17.7 Å². The molecule has 0 bridgehead atoms. The zero-order valence-corrected chi connectivity index (χ0v) is 16.8. The standard InChI is InChI=1S/C22H23ClN2O4/c1-2-10-25(24-14-20(26)15-5-3-7-17(23)12-15)18-8-4-6-16(13-18)21-19(22(27)28)9-11-29-21/h3-9,11-13,20,24,26H,2,10,14H2,1H3,(H,27,28)/t20-/m0/s1. The summed E-state index contributed by atoms with van der Waals surface area (Å²) in [6, 6.07) is 16.0. The zero-order valence-electron chi connectivity index (χ0n) is 16.0. The van der Waals surface area contributed by atoms with Gasteiger partial charge in [0.25, 0.3) is 0 Å². The molecule has 1 aromatic heterocycles. The van der Waals surface area contributed by atoms with Crippen LogP contribution in [0, 0.1) is 0 Å². The van der Waals surface area contributed by atoms with Gasteiger partial charge in [0.15, 0.2) is 0 Å². The van der Waals surface area contributed by atoms with Crippen molar-refractivity contribution in [1.82, 2.24) is 5.43 Å². The summed E-state index contributed by atoms with van der Waals surface area (Å²) < 4.78 is 5.40. The first kappa shape index (κ1) is 20.9. The number of halogens is 1. The maximum absolute atomic E-state index is 11.4. The number of carbonyl (C=O) groups is 1. The Morgan fingerprint density at radius 1 is 1.21 bits per heavy atom. The van der Waals surface area contributed by atoms with Crippen molar-refractivity contribution >= 4 is 23.3 Å². The van der Waals surface area contributed by atoms with Crippen LogP contribution in [0.1, 0.15) is 35.4 Å². The van der Waals surface area contributed by atoms with E-state index in [0.29, 0.717) is 29.4 Å². The van der Waals surface area contributed by atoms with Crippen LogP contribution in [-0.4, -0.2) is 29.3 Å². The van der Waals surface area contributed by atoms with Crippen LogP contribution >= 0.6 is 11.6 Å². The van der Waals surface area contributed by atoms with Crippen LogP contribution in [0.3, 0.4) is 0 Å². The van der Waals surface area contributed by atoms with Crippen LogP contribution in [0.5, 0.6) is 0 Å². The summed E-state index contributed by atoms with van der Waals surface area (Å²) in [5, 5.41) is 22.3. The second-order valence-corrected chi connectivity index (χ2v) is 7.04.